The molecule has 0 radical (unpaired) electrons. The molecule has 0 bridgehead atoms. The van der Waals surface area contributed by atoms with Crippen LogP contribution in [0.5, 0.6) is 0 Å². The van der Waals surface area contributed by atoms with Crippen LogP contribution in [0.2, 0.25) is 0 Å². The second-order valence-corrected chi connectivity index (χ2v) is 11.0. The molecule has 0 saturated carbocycles. The molecule has 182 valence electrons. The number of unbranched alkanes of at least 4 members (excludes halogenated alkanes) is 8. The third kappa shape index (κ3) is 12.9. The van der Waals surface area contributed by atoms with Crippen molar-refractivity contribution in [3.05, 3.63) is 59.9 Å². The average Bonchev–Trinajstić information content (AvgIpc) is 2.78. The Hall–Kier alpha value is -1.80. The highest BCUT2D eigenvalue weighted by Crippen LogP contribution is 2.14. The third-order valence-electron chi connectivity index (χ3n) is 5.59. The van der Waals surface area contributed by atoms with Crippen LogP contribution in [0.25, 0.3) is 12.2 Å². The smallest absolute Gasteiger partial charge is 0.266 e. The number of hydrogen-bond donors (Lipinski definition) is 1. The van der Waals surface area contributed by atoms with Crippen LogP contribution < -0.4 is 9.47 Å². The normalized spacial score (nSPS) is 13.3. The zero-order chi connectivity index (χ0) is 23.9. The Bertz CT molecular complexity index is 925. The van der Waals surface area contributed by atoms with E-state index in [1.54, 1.807) is 0 Å². The first-order chi connectivity index (χ1) is 15.8. The average molecular weight is 492 g/mol. The molecular weight excluding hydrogens is 452 g/mol. The maximum absolute atomic E-state index is 10.8. The molecule has 0 aliphatic heterocycles. The lowest BCUT2D eigenvalue weighted by molar-refractivity contribution is -0.697. The van der Waals surface area contributed by atoms with Gasteiger partial charge in [0.05, 0.1) is 6.61 Å². The summed E-state index contributed by atoms with van der Waals surface area (Å²) in [4.78, 5) is 2.11. The predicted molar refractivity (Wildman–Crippen MR) is 142 cm³/mol. The second-order valence-electron chi connectivity index (χ2n) is 8.62. The lowest BCUT2D eigenvalue weighted by Crippen LogP contribution is -2.32. The van der Waals surface area contributed by atoms with Gasteiger partial charge in [-0.05, 0) is 36.1 Å². The summed E-state index contributed by atoms with van der Waals surface area (Å²) in [7, 11) is 0.659. The quantitative estimate of drug-likeness (QED) is 0.235. The number of benzene rings is 1. The van der Waals surface area contributed by atoms with Gasteiger partial charge in [-0.2, -0.15) is 4.21 Å². The fraction of sp³-hybridized carbons (Fsp3) is 0.500. The largest absolute Gasteiger partial charge is 0.378 e. The van der Waals surface area contributed by atoms with Crippen LogP contribution in [-0.2, 0) is 31.0 Å². The molecule has 1 unspecified atom stereocenters. The summed E-state index contributed by atoms with van der Waals surface area (Å²) >= 11 is 4.28. The molecule has 0 fully saturated rings. The summed E-state index contributed by atoms with van der Waals surface area (Å²) in [5, 5.41) is 0. The summed E-state index contributed by atoms with van der Waals surface area (Å²) in [5.41, 5.74) is 3.63. The van der Waals surface area contributed by atoms with Crippen molar-refractivity contribution in [2.45, 2.75) is 64.3 Å². The molecule has 1 atom stereocenters. The van der Waals surface area contributed by atoms with E-state index in [0.29, 0.717) is 0 Å². The van der Waals surface area contributed by atoms with Gasteiger partial charge in [-0.25, -0.2) is 4.57 Å². The van der Waals surface area contributed by atoms with Crippen LogP contribution in [-0.4, -0.2) is 29.5 Å². The molecule has 1 heterocycles. The van der Waals surface area contributed by atoms with Crippen molar-refractivity contribution in [2.75, 3.05) is 25.6 Å². The lowest BCUT2D eigenvalue weighted by atomic mass is 10.1. The van der Waals surface area contributed by atoms with Gasteiger partial charge >= 0.3 is 0 Å². The Balaban J connectivity index is 1.52. The fourth-order valence-corrected chi connectivity index (χ4v) is 4.14. The molecule has 0 saturated heterocycles. The summed E-state index contributed by atoms with van der Waals surface area (Å²) in [6.45, 7) is 1.34. The second kappa shape index (κ2) is 15.2. The van der Waals surface area contributed by atoms with Crippen molar-refractivity contribution < 1.29 is 17.5 Å². The van der Waals surface area contributed by atoms with Crippen LogP contribution >= 0.6 is 0 Å². The van der Waals surface area contributed by atoms with Gasteiger partial charge in [0, 0.05) is 49.5 Å². The molecule has 7 heteroatoms. The molecule has 1 aromatic carbocycles. The van der Waals surface area contributed by atoms with Gasteiger partial charge in [-0.1, -0.05) is 62.8 Å². The molecule has 0 aliphatic rings. The minimum atomic E-state index is -3.45. The van der Waals surface area contributed by atoms with E-state index in [1.807, 2.05) is 0 Å². The summed E-state index contributed by atoms with van der Waals surface area (Å²) in [5.74, 6) is 0. The molecule has 0 spiro atoms. The molecule has 0 aliphatic carbocycles. The first-order valence-corrected chi connectivity index (χ1v) is 14.3. The Kier molecular flexibility index (Phi) is 12.6. The van der Waals surface area contributed by atoms with E-state index in [4.69, 9.17) is 4.55 Å². The van der Waals surface area contributed by atoms with Crippen molar-refractivity contribution in [1.82, 2.24) is 0 Å². The van der Waals surface area contributed by atoms with Crippen molar-refractivity contribution >= 4 is 38.1 Å². The van der Waals surface area contributed by atoms with Gasteiger partial charge in [0.1, 0.15) is 6.54 Å². The summed E-state index contributed by atoms with van der Waals surface area (Å²) in [6, 6.07) is 12.9. The SMILES string of the molecule is CN(C)c1ccc(C=Cc2cc[n+](CCCCCCCCCCCOS(=O)(O)=S)cc2)cc1. The van der Waals surface area contributed by atoms with Gasteiger partial charge in [0.15, 0.2) is 12.4 Å². The summed E-state index contributed by atoms with van der Waals surface area (Å²) in [6.07, 6.45) is 19.1. The van der Waals surface area contributed by atoms with Crippen molar-refractivity contribution in [1.29, 1.82) is 0 Å². The maximum atomic E-state index is 10.8. The number of pyridine rings is 1. The van der Waals surface area contributed by atoms with Crippen LogP contribution in [0.3, 0.4) is 0 Å². The Morgan fingerprint density at radius 1 is 0.848 bits per heavy atom. The predicted octanol–water partition coefficient (Wildman–Crippen LogP) is 5.87. The van der Waals surface area contributed by atoms with E-state index < -0.39 is 9.05 Å². The van der Waals surface area contributed by atoms with E-state index >= 15 is 0 Å². The lowest BCUT2D eigenvalue weighted by Gasteiger charge is -2.11. The molecule has 5 nitrogen and oxygen atoms in total. The minimum absolute atomic E-state index is 0.276. The Morgan fingerprint density at radius 2 is 1.33 bits per heavy atom. The number of aromatic nitrogens is 1. The first-order valence-electron chi connectivity index (χ1n) is 11.9. The number of rotatable bonds is 16. The van der Waals surface area contributed by atoms with Crippen molar-refractivity contribution in [2.24, 2.45) is 0 Å². The first kappa shape index (κ1) is 27.4. The van der Waals surface area contributed by atoms with Gasteiger partial charge in [-0.15, -0.1) is 0 Å². The number of aryl methyl sites for hydroxylation is 1. The monoisotopic (exact) mass is 491 g/mol. The summed E-state index contributed by atoms with van der Waals surface area (Å²) < 4.78 is 26.6. The number of nitrogens with zero attached hydrogens (tertiary/aromatic N) is 2. The van der Waals surface area contributed by atoms with Crippen LogP contribution in [0.15, 0.2) is 48.8 Å². The van der Waals surface area contributed by atoms with E-state index in [0.717, 1.165) is 25.8 Å². The van der Waals surface area contributed by atoms with Gasteiger partial charge in [-0.3, -0.25) is 8.74 Å². The van der Waals surface area contributed by atoms with E-state index in [1.165, 1.54) is 55.3 Å². The molecule has 2 rings (SSSR count). The van der Waals surface area contributed by atoms with E-state index in [2.05, 4.69) is 99.9 Å². The van der Waals surface area contributed by atoms with Crippen LogP contribution in [0, 0.1) is 0 Å². The maximum Gasteiger partial charge on any atom is 0.266 e. The number of hydrogen-bond acceptors (Lipinski definition) is 4. The Morgan fingerprint density at radius 3 is 1.85 bits per heavy atom. The molecular formula is C26H39N2O3S2+. The standard InChI is InChI=1S/C26H38N2O3S2/c1-27(2)26-16-14-24(15-17-26)12-13-25-18-21-28(22-19-25)20-10-8-6-4-3-5-7-9-11-23-31-33(29,30)32/h12-19,21-22H,3-11,20,23H2,1-2H3/p+1. The molecule has 33 heavy (non-hydrogen) atoms. The fourth-order valence-electron chi connectivity index (χ4n) is 3.60. The molecule has 0 amide bonds. The van der Waals surface area contributed by atoms with E-state index in [-0.39, 0.29) is 6.61 Å². The Labute approximate surface area is 205 Å². The third-order valence-corrected chi connectivity index (χ3v) is 6.34. The van der Waals surface area contributed by atoms with Crippen LogP contribution in [0.4, 0.5) is 5.69 Å². The van der Waals surface area contributed by atoms with Gasteiger partial charge in [0.2, 0.25) is 0 Å². The highest BCUT2D eigenvalue weighted by atomic mass is 32.9. The zero-order valence-electron chi connectivity index (χ0n) is 20.0. The highest BCUT2D eigenvalue weighted by molar-refractivity contribution is 8.27. The minimum Gasteiger partial charge on any atom is -0.378 e. The van der Waals surface area contributed by atoms with Gasteiger partial charge < -0.3 is 4.90 Å². The highest BCUT2D eigenvalue weighted by Gasteiger charge is 2.01. The molecule has 1 aromatic heterocycles. The van der Waals surface area contributed by atoms with Crippen LogP contribution in [0.1, 0.15) is 68.9 Å². The topological polar surface area (TPSA) is 53.7 Å². The van der Waals surface area contributed by atoms with Crippen molar-refractivity contribution in [3.8, 4) is 0 Å². The number of anilines is 1. The molecule has 2 aromatic rings. The van der Waals surface area contributed by atoms with Gasteiger partial charge in [0.25, 0.3) is 9.05 Å². The molecule has 1 N–H and O–H groups in total. The zero-order valence-corrected chi connectivity index (χ0v) is 21.7. The van der Waals surface area contributed by atoms with E-state index in [9.17, 15) is 4.21 Å². The van der Waals surface area contributed by atoms with Crippen molar-refractivity contribution in [3.63, 3.8) is 0 Å².